The van der Waals surface area contributed by atoms with Crippen molar-refractivity contribution >= 4 is 12.4 Å². The summed E-state index contributed by atoms with van der Waals surface area (Å²) in [7, 11) is 0. The fourth-order valence-electron chi connectivity index (χ4n) is 3.14. The minimum atomic E-state index is 0. The van der Waals surface area contributed by atoms with E-state index in [0.29, 0.717) is 5.56 Å². The summed E-state index contributed by atoms with van der Waals surface area (Å²) in [5.74, 6) is 0.964. The molecule has 0 spiro atoms. The molecule has 0 aliphatic heterocycles. The quantitative estimate of drug-likeness (QED) is 0.489. The SMILES string of the molecule is Cl.N#Cc1ccc(Cc2cnc(Cc3ccc(-c4ccccc4)cc3)[nH]2)cc1. The Morgan fingerprint density at radius 3 is 2.04 bits per heavy atom. The Morgan fingerprint density at radius 2 is 1.36 bits per heavy atom. The van der Waals surface area contributed by atoms with Gasteiger partial charge in [0.1, 0.15) is 5.82 Å². The highest BCUT2D eigenvalue weighted by Crippen LogP contribution is 2.20. The zero-order chi connectivity index (χ0) is 18.5. The monoisotopic (exact) mass is 385 g/mol. The highest BCUT2D eigenvalue weighted by atomic mass is 35.5. The van der Waals surface area contributed by atoms with Crippen LogP contribution in [0.25, 0.3) is 11.1 Å². The van der Waals surface area contributed by atoms with Gasteiger partial charge in [-0.15, -0.1) is 12.4 Å². The van der Waals surface area contributed by atoms with Crippen LogP contribution in [0, 0.1) is 11.3 Å². The number of halogens is 1. The lowest BCUT2D eigenvalue weighted by atomic mass is 10.0. The number of hydrogen-bond acceptors (Lipinski definition) is 2. The van der Waals surface area contributed by atoms with Gasteiger partial charge in [-0.05, 0) is 34.4 Å². The van der Waals surface area contributed by atoms with Crippen molar-refractivity contribution in [1.82, 2.24) is 9.97 Å². The van der Waals surface area contributed by atoms with Crippen LogP contribution in [0.4, 0.5) is 0 Å². The topological polar surface area (TPSA) is 52.5 Å². The van der Waals surface area contributed by atoms with Gasteiger partial charge in [-0.1, -0.05) is 66.7 Å². The molecule has 4 rings (SSSR count). The molecule has 3 nitrogen and oxygen atoms in total. The lowest BCUT2D eigenvalue weighted by Crippen LogP contribution is -1.93. The fraction of sp³-hybridized carbons (Fsp3) is 0.0833. The molecule has 138 valence electrons. The maximum atomic E-state index is 8.88. The van der Waals surface area contributed by atoms with Gasteiger partial charge in [0.2, 0.25) is 0 Å². The molecular formula is C24H20ClN3. The van der Waals surface area contributed by atoms with Crippen LogP contribution >= 0.6 is 12.4 Å². The van der Waals surface area contributed by atoms with Gasteiger partial charge in [-0.3, -0.25) is 0 Å². The molecule has 0 unspecified atom stereocenters. The molecular weight excluding hydrogens is 366 g/mol. The minimum Gasteiger partial charge on any atom is -0.345 e. The Kier molecular flexibility index (Phi) is 6.26. The normalized spacial score (nSPS) is 10.1. The number of aromatic nitrogens is 2. The summed E-state index contributed by atoms with van der Waals surface area (Å²) in [6.45, 7) is 0. The molecule has 0 aliphatic rings. The Bertz CT molecular complexity index is 1060. The predicted molar refractivity (Wildman–Crippen MR) is 114 cm³/mol. The molecule has 0 amide bonds. The van der Waals surface area contributed by atoms with E-state index in [0.717, 1.165) is 29.9 Å². The Hall–Kier alpha value is -3.35. The van der Waals surface area contributed by atoms with Crippen molar-refractivity contribution in [2.75, 3.05) is 0 Å². The largest absolute Gasteiger partial charge is 0.345 e. The summed E-state index contributed by atoms with van der Waals surface area (Å²) >= 11 is 0. The van der Waals surface area contributed by atoms with Gasteiger partial charge in [0.05, 0.1) is 11.6 Å². The molecule has 4 heteroatoms. The van der Waals surface area contributed by atoms with Crippen molar-refractivity contribution in [2.45, 2.75) is 12.8 Å². The second-order valence-corrected chi connectivity index (χ2v) is 6.58. The van der Waals surface area contributed by atoms with Crippen LogP contribution in [-0.4, -0.2) is 9.97 Å². The van der Waals surface area contributed by atoms with E-state index in [1.807, 2.05) is 36.5 Å². The first-order valence-electron chi connectivity index (χ1n) is 8.96. The third-order valence-corrected chi connectivity index (χ3v) is 4.59. The summed E-state index contributed by atoms with van der Waals surface area (Å²) < 4.78 is 0. The molecule has 1 N–H and O–H groups in total. The Morgan fingerprint density at radius 1 is 0.750 bits per heavy atom. The Labute approximate surface area is 171 Å². The van der Waals surface area contributed by atoms with Crippen molar-refractivity contribution < 1.29 is 0 Å². The number of benzene rings is 3. The predicted octanol–water partition coefficient (Wildman–Crippen LogP) is 5.55. The second kappa shape index (κ2) is 9.03. The molecule has 0 bridgehead atoms. The number of H-pyrrole nitrogens is 1. The zero-order valence-corrected chi connectivity index (χ0v) is 16.1. The summed E-state index contributed by atoms with van der Waals surface area (Å²) in [5, 5.41) is 8.88. The van der Waals surface area contributed by atoms with Gasteiger partial charge in [-0.25, -0.2) is 4.98 Å². The lowest BCUT2D eigenvalue weighted by molar-refractivity contribution is 1.000. The average Bonchev–Trinajstić information content (AvgIpc) is 3.16. The van der Waals surface area contributed by atoms with Crippen LogP contribution in [0.1, 0.15) is 28.2 Å². The smallest absolute Gasteiger partial charge is 0.110 e. The maximum absolute atomic E-state index is 8.88. The average molecular weight is 386 g/mol. The van der Waals surface area contributed by atoms with Gasteiger partial charge in [-0.2, -0.15) is 5.26 Å². The number of nitriles is 1. The molecule has 28 heavy (non-hydrogen) atoms. The lowest BCUT2D eigenvalue weighted by Gasteiger charge is -2.04. The molecule has 4 aromatic rings. The van der Waals surface area contributed by atoms with Gasteiger partial charge >= 0.3 is 0 Å². The summed E-state index contributed by atoms with van der Waals surface area (Å²) in [4.78, 5) is 7.92. The van der Waals surface area contributed by atoms with Crippen LogP contribution in [0.5, 0.6) is 0 Å². The first-order chi connectivity index (χ1) is 13.3. The van der Waals surface area contributed by atoms with Gasteiger partial charge < -0.3 is 4.98 Å². The highest BCUT2D eigenvalue weighted by molar-refractivity contribution is 5.85. The van der Waals surface area contributed by atoms with Gasteiger partial charge in [0.15, 0.2) is 0 Å². The van der Waals surface area contributed by atoms with Crippen molar-refractivity contribution in [1.29, 1.82) is 5.26 Å². The molecule has 3 aromatic carbocycles. The second-order valence-electron chi connectivity index (χ2n) is 6.58. The van der Waals surface area contributed by atoms with Crippen LogP contribution in [0.3, 0.4) is 0 Å². The number of aromatic amines is 1. The van der Waals surface area contributed by atoms with E-state index in [4.69, 9.17) is 5.26 Å². The first-order valence-corrected chi connectivity index (χ1v) is 8.96. The number of rotatable bonds is 5. The molecule has 0 saturated heterocycles. The summed E-state index contributed by atoms with van der Waals surface area (Å²) in [6.07, 6.45) is 3.46. The Balaban J connectivity index is 0.00000225. The van der Waals surface area contributed by atoms with E-state index < -0.39 is 0 Å². The van der Waals surface area contributed by atoms with Crippen LogP contribution in [0.15, 0.2) is 85.1 Å². The van der Waals surface area contributed by atoms with Crippen LogP contribution < -0.4 is 0 Å². The maximum Gasteiger partial charge on any atom is 0.110 e. The van der Waals surface area contributed by atoms with E-state index in [1.54, 1.807) is 0 Å². The van der Waals surface area contributed by atoms with Crippen molar-refractivity contribution in [2.24, 2.45) is 0 Å². The van der Waals surface area contributed by atoms with Gasteiger partial charge in [0.25, 0.3) is 0 Å². The molecule has 0 fully saturated rings. The third kappa shape index (κ3) is 4.68. The number of hydrogen-bond donors (Lipinski definition) is 1. The van der Waals surface area contributed by atoms with Gasteiger partial charge in [0, 0.05) is 24.7 Å². The number of nitrogens with zero attached hydrogens (tertiary/aromatic N) is 2. The van der Waals surface area contributed by atoms with Crippen molar-refractivity contribution in [3.8, 4) is 17.2 Å². The fourth-order valence-corrected chi connectivity index (χ4v) is 3.14. The molecule has 0 radical (unpaired) electrons. The van der Waals surface area contributed by atoms with Crippen LogP contribution in [-0.2, 0) is 12.8 Å². The summed E-state index contributed by atoms with van der Waals surface area (Å²) in [5.41, 5.74) is 6.61. The third-order valence-electron chi connectivity index (χ3n) is 4.59. The van der Waals surface area contributed by atoms with E-state index in [9.17, 15) is 0 Å². The van der Waals surface area contributed by atoms with E-state index in [-0.39, 0.29) is 12.4 Å². The zero-order valence-electron chi connectivity index (χ0n) is 15.3. The van der Waals surface area contributed by atoms with E-state index in [2.05, 4.69) is 64.6 Å². The number of imidazole rings is 1. The van der Waals surface area contributed by atoms with E-state index in [1.165, 1.54) is 16.7 Å². The molecule has 0 saturated carbocycles. The van der Waals surface area contributed by atoms with E-state index >= 15 is 0 Å². The molecule has 1 aromatic heterocycles. The first kappa shape index (κ1) is 19.4. The number of nitrogens with one attached hydrogen (secondary N) is 1. The molecule has 1 heterocycles. The molecule has 0 aliphatic carbocycles. The summed E-state index contributed by atoms with van der Waals surface area (Å²) in [6, 6.07) is 28.8. The highest BCUT2D eigenvalue weighted by Gasteiger charge is 2.05. The van der Waals surface area contributed by atoms with Crippen molar-refractivity contribution in [3.05, 3.63) is 113 Å². The molecule has 0 atom stereocenters. The van der Waals surface area contributed by atoms with Crippen LogP contribution in [0.2, 0.25) is 0 Å². The standard InChI is InChI=1S/C24H19N3.ClH/c25-16-20-8-6-18(7-9-20)14-23-17-26-24(27-23)15-19-10-12-22(13-11-19)21-4-2-1-3-5-21;/h1-13,17H,14-15H2,(H,26,27);1H. The minimum absolute atomic E-state index is 0. The van der Waals surface area contributed by atoms with Crippen molar-refractivity contribution in [3.63, 3.8) is 0 Å².